The van der Waals surface area contributed by atoms with Crippen LogP contribution in [0.1, 0.15) is 21.5 Å². The van der Waals surface area contributed by atoms with E-state index < -0.39 is 11.7 Å². The standard InChI is InChI=1S/C18H18FN3O2/c1-12-6-7-15(19)14(10-12)17(23)21-16-5-3-2-4-13(16)11-22-9-8-20-18(22)24/h2-7,10H,8-9,11H2,1H3,(H,20,24)(H,21,23). The fourth-order valence-corrected chi connectivity index (χ4v) is 2.65. The highest BCUT2D eigenvalue weighted by Crippen LogP contribution is 2.20. The van der Waals surface area contributed by atoms with Crippen LogP contribution >= 0.6 is 0 Å². The number of hydrogen-bond acceptors (Lipinski definition) is 2. The van der Waals surface area contributed by atoms with Crippen LogP contribution in [0, 0.1) is 12.7 Å². The number of rotatable bonds is 4. The van der Waals surface area contributed by atoms with Gasteiger partial charge in [-0.3, -0.25) is 4.79 Å². The number of benzene rings is 2. The Kier molecular flexibility index (Phi) is 4.46. The molecular weight excluding hydrogens is 309 g/mol. The Labute approximate surface area is 139 Å². The van der Waals surface area contributed by atoms with Gasteiger partial charge in [-0.25, -0.2) is 9.18 Å². The quantitative estimate of drug-likeness (QED) is 0.907. The zero-order valence-corrected chi connectivity index (χ0v) is 13.3. The van der Waals surface area contributed by atoms with Gasteiger partial charge in [0.1, 0.15) is 5.82 Å². The molecule has 6 heteroatoms. The maximum Gasteiger partial charge on any atom is 0.317 e. The minimum atomic E-state index is -0.561. The van der Waals surface area contributed by atoms with Crippen molar-refractivity contribution in [1.82, 2.24) is 10.2 Å². The summed E-state index contributed by atoms with van der Waals surface area (Å²) in [5.41, 5.74) is 2.19. The van der Waals surface area contributed by atoms with Gasteiger partial charge in [-0.15, -0.1) is 0 Å². The Morgan fingerprint density at radius 1 is 1.29 bits per heavy atom. The topological polar surface area (TPSA) is 61.4 Å². The lowest BCUT2D eigenvalue weighted by Gasteiger charge is -2.17. The third-order valence-electron chi connectivity index (χ3n) is 3.94. The first-order valence-corrected chi connectivity index (χ1v) is 7.73. The molecule has 0 unspecified atom stereocenters. The van der Waals surface area contributed by atoms with Gasteiger partial charge < -0.3 is 15.5 Å². The molecule has 0 atom stereocenters. The number of hydrogen-bond donors (Lipinski definition) is 2. The van der Waals surface area contributed by atoms with Gasteiger partial charge in [-0.1, -0.05) is 29.8 Å². The first kappa shape index (κ1) is 16.0. The lowest BCUT2D eigenvalue weighted by atomic mass is 10.1. The molecule has 0 aliphatic carbocycles. The Balaban J connectivity index is 1.81. The van der Waals surface area contributed by atoms with Crippen LogP contribution in [0.4, 0.5) is 14.9 Å². The van der Waals surface area contributed by atoms with Gasteiger partial charge >= 0.3 is 6.03 Å². The zero-order chi connectivity index (χ0) is 17.1. The Morgan fingerprint density at radius 3 is 2.83 bits per heavy atom. The SMILES string of the molecule is Cc1ccc(F)c(C(=O)Nc2ccccc2CN2CCNC2=O)c1. The molecule has 3 rings (SSSR count). The highest BCUT2D eigenvalue weighted by molar-refractivity contribution is 6.05. The largest absolute Gasteiger partial charge is 0.336 e. The number of aryl methyl sites for hydroxylation is 1. The molecule has 1 aliphatic heterocycles. The Hall–Kier alpha value is -2.89. The van der Waals surface area contributed by atoms with Crippen molar-refractivity contribution in [1.29, 1.82) is 0 Å². The Morgan fingerprint density at radius 2 is 2.08 bits per heavy atom. The molecule has 1 saturated heterocycles. The summed E-state index contributed by atoms with van der Waals surface area (Å²) in [6.07, 6.45) is 0. The summed E-state index contributed by atoms with van der Waals surface area (Å²) >= 11 is 0. The molecule has 0 saturated carbocycles. The Bertz CT molecular complexity index is 792. The predicted molar refractivity (Wildman–Crippen MR) is 89.3 cm³/mol. The van der Waals surface area contributed by atoms with Crippen LogP contribution in [-0.4, -0.2) is 29.9 Å². The molecule has 3 amide bonds. The number of urea groups is 1. The molecule has 5 nitrogen and oxygen atoms in total. The summed E-state index contributed by atoms with van der Waals surface area (Å²) in [7, 11) is 0. The van der Waals surface area contributed by atoms with Crippen molar-refractivity contribution in [3.05, 3.63) is 65.0 Å². The third kappa shape index (κ3) is 3.37. The fraction of sp³-hybridized carbons (Fsp3) is 0.222. The second kappa shape index (κ2) is 6.70. The number of amides is 3. The fourth-order valence-electron chi connectivity index (χ4n) is 2.65. The van der Waals surface area contributed by atoms with Gasteiger partial charge in [0, 0.05) is 25.3 Å². The van der Waals surface area contributed by atoms with Crippen molar-refractivity contribution in [3.8, 4) is 0 Å². The molecule has 1 heterocycles. The van der Waals surface area contributed by atoms with Gasteiger partial charge in [-0.05, 0) is 30.7 Å². The molecule has 2 aromatic carbocycles. The van der Waals surface area contributed by atoms with Crippen molar-refractivity contribution >= 4 is 17.6 Å². The summed E-state index contributed by atoms with van der Waals surface area (Å²) in [6.45, 7) is 3.42. The third-order valence-corrected chi connectivity index (χ3v) is 3.94. The van der Waals surface area contributed by atoms with Gasteiger partial charge in [0.05, 0.1) is 5.56 Å². The van der Waals surface area contributed by atoms with E-state index >= 15 is 0 Å². The van der Waals surface area contributed by atoms with Crippen molar-refractivity contribution < 1.29 is 14.0 Å². The second-order valence-electron chi connectivity index (χ2n) is 5.75. The van der Waals surface area contributed by atoms with E-state index in [4.69, 9.17) is 0 Å². The number of nitrogens with zero attached hydrogens (tertiary/aromatic N) is 1. The van der Waals surface area contributed by atoms with E-state index in [0.29, 0.717) is 25.3 Å². The lowest BCUT2D eigenvalue weighted by Crippen LogP contribution is -2.28. The molecule has 0 spiro atoms. The summed E-state index contributed by atoms with van der Waals surface area (Å²) in [5, 5.41) is 5.49. The van der Waals surface area contributed by atoms with Crippen molar-refractivity contribution in [2.75, 3.05) is 18.4 Å². The second-order valence-corrected chi connectivity index (χ2v) is 5.75. The van der Waals surface area contributed by atoms with Crippen molar-refractivity contribution in [3.63, 3.8) is 0 Å². The number of para-hydroxylation sites is 1. The molecule has 2 N–H and O–H groups in total. The molecular formula is C18H18FN3O2. The van der Waals surface area contributed by atoms with Gasteiger partial charge in [-0.2, -0.15) is 0 Å². The number of halogens is 1. The van der Waals surface area contributed by atoms with Crippen molar-refractivity contribution in [2.24, 2.45) is 0 Å². The number of anilines is 1. The normalized spacial score (nSPS) is 13.8. The minimum Gasteiger partial charge on any atom is -0.336 e. The predicted octanol–water partition coefficient (Wildman–Crippen LogP) is 2.91. The highest BCUT2D eigenvalue weighted by Gasteiger charge is 2.21. The number of carbonyl (C=O) groups is 2. The maximum atomic E-state index is 13.9. The minimum absolute atomic E-state index is 0.00344. The molecule has 0 bridgehead atoms. The van der Waals surface area contributed by atoms with Crippen LogP contribution in [0.3, 0.4) is 0 Å². The average Bonchev–Trinajstić information content (AvgIpc) is 2.96. The summed E-state index contributed by atoms with van der Waals surface area (Å²) < 4.78 is 13.9. The van der Waals surface area contributed by atoms with Gasteiger partial charge in [0.25, 0.3) is 5.91 Å². The summed E-state index contributed by atoms with van der Waals surface area (Å²) in [5.74, 6) is -1.07. The molecule has 0 radical (unpaired) electrons. The van der Waals surface area contributed by atoms with Crippen LogP contribution in [0.2, 0.25) is 0 Å². The van der Waals surface area contributed by atoms with Crippen LogP contribution in [0.15, 0.2) is 42.5 Å². The van der Waals surface area contributed by atoms with Crippen LogP contribution < -0.4 is 10.6 Å². The monoisotopic (exact) mass is 327 g/mol. The van der Waals surface area contributed by atoms with E-state index in [1.807, 2.05) is 12.1 Å². The molecule has 2 aromatic rings. The van der Waals surface area contributed by atoms with Crippen molar-refractivity contribution in [2.45, 2.75) is 13.5 Å². The molecule has 1 fully saturated rings. The highest BCUT2D eigenvalue weighted by atomic mass is 19.1. The lowest BCUT2D eigenvalue weighted by molar-refractivity contribution is 0.102. The first-order valence-electron chi connectivity index (χ1n) is 7.73. The van der Waals surface area contributed by atoms with Crippen LogP contribution in [0.5, 0.6) is 0 Å². The zero-order valence-electron chi connectivity index (χ0n) is 13.3. The average molecular weight is 327 g/mol. The molecule has 124 valence electrons. The smallest absolute Gasteiger partial charge is 0.317 e. The summed E-state index contributed by atoms with van der Waals surface area (Å²) in [6, 6.07) is 11.5. The number of nitrogens with one attached hydrogen (secondary N) is 2. The van der Waals surface area contributed by atoms with Gasteiger partial charge in [0.15, 0.2) is 0 Å². The molecule has 24 heavy (non-hydrogen) atoms. The van der Waals surface area contributed by atoms with E-state index in [0.717, 1.165) is 11.1 Å². The number of carbonyl (C=O) groups excluding carboxylic acids is 2. The van der Waals surface area contributed by atoms with Crippen LogP contribution in [0.25, 0.3) is 0 Å². The van der Waals surface area contributed by atoms with E-state index in [9.17, 15) is 14.0 Å². The van der Waals surface area contributed by atoms with Crippen LogP contribution in [-0.2, 0) is 6.54 Å². The van der Waals surface area contributed by atoms with E-state index in [1.165, 1.54) is 12.1 Å². The maximum absolute atomic E-state index is 13.9. The summed E-state index contributed by atoms with van der Waals surface area (Å²) in [4.78, 5) is 25.8. The molecule has 0 aromatic heterocycles. The molecule has 1 aliphatic rings. The first-order chi connectivity index (χ1) is 11.5. The van der Waals surface area contributed by atoms with Gasteiger partial charge in [0.2, 0.25) is 0 Å². The van der Waals surface area contributed by atoms with E-state index in [1.54, 1.807) is 30.0 Å². The van der Waals surface area contributed by atoms with E-state index in [-0.39, 0.29) is 11.6 Å². The van der Waals surface area contributed by atoms with E-state index in [2.05, 4.69) is 10.6 Å².